The number of rotatable bonds is 13. The number of nitrogens with one attached hydrogen (secondary N) is 2. The maximum atomic E-state index is 5.47. The van der Waals surface area contributed by atoms with Crippen LogP contribution >= 0.6 is 24.0 Å². The zero-order valence-electron chi connectivity index (χ0n) is 13.7. The van der Waals surface area contributed by atoms with E-state index in [1.54, 1.807) is 14.2 Å². The van der Waals surface area contributed by atoms with Gasteiger partial charge in [-0.3, -0.25) is 4.99 Å². The van der Waals surface area contributed by atoms with Crippen molar-refractivity contribution in [3.05, 3.63) is 0 Å². The minimum absolute atomic E-state index is 0. The average Bonchev–Trinajstić information content (AvgIpc) is 2.47. The van der Waals surface area contributed by atoms with E-state index in [1.807, 2.05) is 0 Å². The zero-order chi connectivity index (χ0) is 14.9. The topological polar surface area (TPSA) is 64.1 Å². The lowest BCUT2D eigenvalue weighted by Crippen LogP contribution is -2.39. The molecule has 6 nitrogen and oxygen atoms in total. The van der Waals surface area contributed by atoms with E-state index >= 15 is 0 Å². The van der Waals surface area contributed by atoms with Crippen molar-refractivity contribution in [3.8, 4) is 0 Å². The van der Waals surface area contributed by atoms with Crippen molar-refractivity contribution in [2.24, 2.45) is 4.99 Å². The number of ether oxygens (including phenoxy) is 3. The summed E-state index contributed by atoms with van der Waals surface area (Å²) >= 11 is 0. The molecule has 21 heavy (non-hydrogen) atoms. The van der Waals surface area contributed by atoms with Crippen LogP contribution in [0.1, 0.15) is 26.2 Å². The van der Waals surface area contributed by atoms with Gasteiger partial charge in [0.05, 0.1) is 19.8 Å². The SMILES string of the molecule is CCCCOCCNC(=NC)NCCCOCCOC.I. The highest BCUT2D eigenvalue weighted by molar-refractivity contribution is 14.0. The average molecular weight is 417 g/mol. The van der Waals surface area contributed by atoms with Gasteiger partial charge in [0, 0.05) is 40.5 Å². The Labute approximate surface area is 146 Å². The predicted octanol–water partition coefficient (Wildman–Crippen LogP) is 1.64. The molecule has 0 rings (SSSR count). The summed E-state index contributed by atoms with van der Waals surface area (Å²) in [6, 6.07) is 0. The molecule has 0 fully saturated rings. The lowest BCUT2D eigenvalue weighted by Gasteiger charge is -2.12. The Morgan fingerprint density at radius 2 is 1.57 bits per heavy atom. The van der Waals surface area contributed by atoms with Crippen LogP contribution in [0, 0.1) is 0 Å². The first-order chi connectivity index (χ1) is 9.85. The second-order valence-corrected chi connectivity index (χ2v) is 4.35. The quantitative estimate of drug-likeness (QED) is 0.207. The number of guanidine groups is 1. The summed E-state index contributed by atoms with van der Waals surface area (Å²) in [5.74, 6) is 0.806. The van der Waals surface area contributed by atoms with E-state index in [1.165, 1.54) is 6.42 Å². The lowest BCUT2D eigenvalue weighted by atomic mass is 10.4. The van der Waals surface area contributed by atoms with Crippen molar-refractivity contribution in [1.82, 2.24) is 10.6 Å². The number of nitrogens with zero attached hydrogens (tertiary/aromatic N) is 1. The minimum atomic E-state index is 0. The Bertz CT molecular complexity index is 232. The van der Waals surface area contributed by atoms with Crippen molar-refractivity contribution in [2.45, 2.75) is 26.2 Å². The van der Waals surface area contributed by atoms with Crippen molar-refractivity contribution in [3.63, 3.8) is 0 Å². The second kappa shape index (κ2) is 19.9. The van der Waals surface area contributed by atoms with Crippen LogP contribution in [-0.4, -0.2) is 66.2 Å². The maximum Gasteiger partial charge on any atom is 0.191 e. The van der Waals surface area contributed by atoms with Gasteiger partial charge in [-0.05, 0) is 12.8 Å². The third-order valence-corrected chi connectivity index (χ3v) is 2.59. The number of methoxy groups -OCH3 is 1. The van der Waals surface area contributed by atoms with Crippen LogP contribution < -0.4 is 10.6 Å². The van der Waals surface area contributed by atoms with E-state index in [2.05, 4.69) is 22.5 Å². The highest BCUT2D eigenvalue weighted by Gasteiger charge is 1.96. The molecule has 0 bridgehead atoms. The fourth-order valence-corrected chi connectivity index (χ4v) is 1.44. The number of hydrogen-bond donors (Lipinski definition) is 2. The number of hydrogen-bond acceptors (Lipinski definition) is 4. The molecule has 0 aromatic carbocycles. The molecule has 0 radical (unpaired) electrons. The summed E-state index contributed by atoms with van der Waals surface area (Å²) in [7, 11) is 3.44. The van der Waals surface area contributed by atoms with Gasteiger partial charge in [-0.1, -0.05) is 13.3 Å². The Morgan fingerprint density at radius 1 is 0.905 bits per heavy atom. The van der Waals surface area contributed by atoms with Gasteiger partial charge in [-0.15, -0.1) is 24.0 Å². The Hall–Kier alpha value is -0.120. The summed E-state index contributed by atoms with van der Waals surface area (Å²) in [5, 5.41) is 6.45. The second-order valence-electron chi connectivity index (χ2n) is 4.35. The fraction of sp³-hybridized carbons (Fsp3) is 0.929. The highest BCUT2D eigenvalue weighted by Crippen LogP contribution is 1.86. The van der Waals surface area contributed by atoms with E-state index in [0.29, 0.717) is 19.8 Å². The Morgan fingerprint density at radius 3 is 2.24 bits per heavy atom. The fourth-order valence-electron chi connectivity index (χ4n) is 1.44. The van der Waals surface area contributed by atoms with Gasteiger partial charge in [-0.25, -0.2) is 0 Å². The number of unbranched alkanes of at least 4 members (excludes halogenated alkanes) is 1. The zero-order valence-corrected chi connectivity index (χ0v) is 16.0. The molecular weight excluding hydrogens is 385 g/mol. The molecule has 0 unspecified atom stereocenters. The van der Waals surface area contributed by atoms with Crippen molar-refractivity contribution in [1.29, 1.82) is 0 Å². The largest absolute Gasteiger partial charge is 0.382 e. The molecule has 2 N–H and O–H groups in total. The van der Waals surface area contributed by atoms with Crippen LogP contribution in [0.5, 0.6) is 0 Å². The van der Waals surface area contributed by atoms with Crippen LogP contribution in [0.2, 0.25) is 0 Å². The molecule has 128 valence electrons. The van der Waals surface area contributed by atoms with E-state index in [4.69, 9.17) is 14.2 Å². The molecule has 0 spiro atoms. The smallest absolute Gasteiger partial charge is 0.191 e. The van der Waals surface area contributed by atoms with Gasteiger partial charge in [-0.2, -0.15) is 0 Å². The van der Waals surface area contributed by atoms with Crippen LogP contribution in [0.15, 0.2) is 4.99 Å². The molecule has 0 aliphatic rings. The summed E-state index contributed by atoms with van der Waals surface area (Å²) in [4.78, 5) is 4.15. The molecule has 0 aliphatic heterocycles. The molecule has 0 amide bonds. The Kier molecular flexibility index (Phi) is 21.9. The van der Waals surface area contributed by atoms with Gasteiger partial charge in [0.15, 0.2) is 5.96 Å². The van der Waals surface area contributed by atoms with E-state index in [9.17, 15) is 0 Å². The predicted molar refractivity (Wildman–Crippen MR) is 97.8 cm³/mol. The number of aliphatic imine (C=N–C) groups is 1. The van der Waals surface area contributed by atoms with Gasteiger partial charge < -0.3 is 24.8 Å². The summed E-state index contributed by atoms with van der Waals surface area (Å²) in [5.41, 5.74) is 0. The van der Waals surface area contributed by atoms with Crippen LogP contribution in [0.4, 0.5) is 0 Å². The van der Waals surface area contributed by atoms with Crippen molar-refractivity contribution in [2.75, 3.05) is 60.3 Å². The molecule has 0 saturated heterocycles. The van der Waals surface area contributed by atoms with Gasteiger partial charge in [0.25, 0.3) is 0 Å². The van der Waals surface area contributed by atoms with Crippen LogP contribution in [-0.2, 0) is 14.2 Å². The Balaban J connectivity index is 0. The maximum absolute atomic E-state index is 5.47. The van der Waals surface area contributed by atoms with Gasteiger partial charge in [0.2, 0.25) is 0 Å². The van der Waals surface area contributed by atoms with Gasteiger partial charge >= 0.3 is 0 Å². The molecule has 0 atom stereocenters. The minimum Gasteiger partial charge on any atom is -0.382 e. The van der Waals surface area contributed by atoms with E-state index < -0.39 is 0 Å². The van der Waals surface area contributed by atoms with Crippen LogP contribution in [0.25, 0.3) is 0 Å². The highest BCUT2D eigenvalue weighted by atomic mass is 127. The summed E-state index contributed by atoms with van der Waals surface area (Å²) in [6.45, 7) is 7.34. The van der Waals surface area contributed by atoms with Crippen molar-refractivity contribution < 1.29 is 14.2 Å². The summed E-state index contributed by atoms with van der Waals surface area (Å²) in [6.07, 6.45) is 3.23. The van der Waals surface area contributed by atoms with Crippen molar-refractivity contribution >= 4 is 29.9 Å². The summed E-state index contributed by atoms with van der Waals surface area (Å²) < 4.78 is 15.8. The third kappa shape index (κ3) is 17.8. The molecule has 0 aromatic heterocycles. The monoisotopic (exact) mass is 417 g/mol. The molecule has 0 aromatic rings. The molecular formula is C14H32IN3O3. The van der Waals surface area contributed by atoms with E-state index in [0.717, 1.165) is 45.1 Å². The molecule has 7 heteroatoms. The van der Waals surface area contributed by atoms with Gasteiger partial charge in [0.1, 0.15) is 0 Å². The first-order valence-corrected chi connectivity index (χ1v) is 7.44. The first-order valence-electron chi connectivity index (χ1n) is 7.44. The van der Waals surface area contributed by atoms with Crippen LogP contribution in [0.3, 0.4) is 0 Å². The van der Waals surface area contributed by atoms with E-state index in [-0.39, 0.29) is 24.0 Å². The molecule has 0 saturated carbocycles. The third-order valence-electron chi connectivity index (χ3n) is 2.59. The molecule has 0 aliphatic carbocycles. The lowest BCUT2D eigenvalue weighted by molar-refractivity contribution is 0.0698. The standard InChI is InChI=1S/C14H31N3O3.HI/c1-4-5-9-19-11-8-17-14(15-2)16-7-6-10-20-13-12-18-3;/h4-13H2,1-3H3,(H2,15,16,17);1H. The number of halogens is 1. The first kappa shape index (κ1) is 23.2. The normalized spacial score (nSPS) is 11.1. The molecule has 0 heterocycles.